The molecule has 0 aromatic rings. The third-order valence-corrected chi connectivity index (χ3v) is 11.2. The molecule has 0 rings (SSSR count). The van der Waals surface area contributed by atoms with Crippen LogP contribution in [0.15, 0.2) is 97.2 Å². The molecule has 0 aliphatic rings. The van der Waals surface area contributed by atoms with Gasteiger partial charge in [-0.25, -0.2) is 0 Å². The average molecular weight is 876 g/mol. The summed E-state index contributed by atoms with van der Waals surface area (Å²) in [6, 6.07) is -0.749. The Morgan fingerprint density at radius 3 is 1.35 bits per heavy atom. The summed E-state index contributed by atoms with van der Waals surface area (Å²) in [5.41, 5.74) is 0. The van der Waals surface area contributed by atoms with Gasteiger partial charge in [0.15, 0.2) is 0 Å². The van der Waals surface area contributed by atoms with Crippen molar-refractivity contribution in [3.8, 4) is 0 Å². The van der Waals surface area contributed by atoms with E-state index in [0.717, 1.165) is 89.9 Å². The molecule has 3 atom stereocenters. The first kappa shape index (κ1) is 59.8. The normalized spacial score (nSPS) is 14.0. The van der Waals surface area contributed by atoms with Gasteiger partial charge in [-0.1, -0.05) is 227 Å². The van der Waals surface area contributed by atoms with Crippen LogP contribution < -0.4 is 5.32 Å². The monoisotopic (exact) mass is 876 g/mol. The zero-order valence-corrected chi connectivity index (χ0v) is 40.9. The van der Waals surface area contributed by atoms with Crippen molar-refractivity contribution >= 4 is 11.9 Å². The molecule has 3 N–H and O–H groups in total. The molecule has 0 aromatic carbocycles. The molecule has 63 heavy (non-hydrogen) atoms. The SMILES string of the molecule is CC/C=C\C/C=C\C/C=C\C/C=C\C/C=C\C/C=C\C(CC(=O)NC(CO)C(O)CCCCCCCCCCCCCCC)OC(=O)CCCCCCCCC/C=C/C/C=C/CC. The van der Waals surface area contributed by atoms with Gasteiger partial charge in [0.2, 0.25) is 5.91 Å². The average Bonchev–Trinajstić information content (AvgIpc) is 3.28. The van der Waals surface area contributed by atoms with Crippen molar-refractivity contribution in [1.82, 2.24) is 5.32 Å². The van der Waals surface area contributed by atoms with Crippen LogP contribution in [0.4, 0.5) is 0 Å². The number of hydrogen-bond donors (Lipinski definition) is 3. The molecule has 0 aromatic heterocycles. The molecular formula is C57H97NO5. The molecule has 6 heteroatoms. The molecule has 0 heterocycles. The fourth-order valence-electron chi connectivity index (χ4n) is 7.29. The van der Waals surface area contributed by atoms with Crippen molar-refractivity contribution in [3.05, 3.63) is 97.2 Å². The van der Waals surface area contributed by atoms with Crippen molar-refractivity contribution in [1.29, 1.82) is 0 Å². The number of unbranched alkanes of at least 4 members (excludes halogenated alkanes) is 19. The van der Waals surface area contributed by atoms with E-state index in [2.05, 4.69) is 111 Å². The molecule has 360 valence electrons. The zero-order chi connectivity index (χ0) is 45.9. The van der Waals surface area contributed by atoms with Crippen LogP contribution in [0.3, 0.4) is 0 Å². The fourth-order valence-corrected chi connectivity index (χ4v) is 7.29. The number of aliphatic hydroxyl groups excluding tert-OH is 2. The summed E-state index contributed by atoms with van der Waals surface area (Å²) < 4.78 is 5.82. The molecule has 0 aliphatic heterocycles. The van der Waals surface area contributed by atoms with Crippen molar-refractivity contribution in [2.75, 3.05) is 6.61 Å². The summed E-state index contributed by atoms with van der Waals surface area (Å²) in [6.45, 7) is 6.22. The number of esters is 1. The number of amides is 1. The van der Waals surface area contributed by atoms with E-state index >= 15 is 0 Å². The smallest absolute Gasteiger partial charge is 0.306 e. The van der Waals surface area contributed by atoms with E-state index in [1.165, 1.54) is 89.9 Å². The van der Waals surface area contributed by atoms with Crippen molar-refractivity contribution in [2.45, 2.75) is 244 Å². The van der Waals surface area contributed by atoms with Gasteiger partial charge in [0, 0.05) is 6.42 Å². The molecular weight excluding hydrogens is 779 g/mol. The fraction of sp³-hybridized carbons (Fsp3) is 0.684. The largest absolute Gasteiger partial charge is 0.458 e. The van der Waals surface area contributed by atoms with Crippen LogP contribution in [0.1, 0.15) is 226 Å². The Morgan fingerprint density at radius 1 is 0.492 bits per heavy atom. The van der Waals surface area contributed by atoms with Gasteiger partial charge in [-0.2, -0.15) is 0 Å². The summed E-state index contributed by atoms with van der Waals surface area (Å²) in [7, 11) is 0. The first-order chi connectivity index (χ1) is 31.0. The number of aliphatic hydroxyl groups is 2. The standard InChI is InChI=1S/C57H97NO5/c1-4-7-10-13-16-19-22-25-27-28-29-31-33-36-39-42-45-48-53(63-57(62)50-47-44-41-38-35-32-26-23-20-17-14-11-8-5-2)51-56(61)58-54(52-59)55(60)49-46-43-40-37-34-30-24-21-18-15-12-9-6-3/h7-8,10-11,16-17,19-20,25,27,29,31,36,39,45,48,53-55,59-60H,4-6,9,12-15,18,21-24,26,28,30,32-35,37-38,40-44,46-47,49-52H2,1-3H3,(H,58,61)/b10-7-,11-8+,19-16-,20-17+,27-25-,31-29-,39-36-,48-45-. The number of carbonyl (C=O) groups excluding carboxylic acids is 2. The lowest BCUT2D eigenvalue weighted by Gasteiger charge is -2.23. The van der Waals surface area contributed by atoms with Crippen LogP contribution in [0, 0.1) is 0 Å². The van der Waals surface area contributed by atoms with Gasteiger partial charge in [-0.3, -0.25) is 9.59 Å². The van der Waals surface area contributed by atoms with Crippen LogP contribution in [0.25, 0.3) is 0 Å². The molecule has 0 spiro atoms. The lowest BCUT2D eigenvalue weighted by atomic mass is 10.0. The number of carbonyl (C=O) groups is 2. The third kappa shape index (κ3) is 45.2. The minimum atomic E-state index is -0.826. The van der Waals surface area contributed by atoms with Crippen LogP contribution in [0.5, 0.6) is 0 Å². The number of ether oxygens (including phenoxy) is 1. The Labute approximate surface area is 388 Å². The van der Waals surface area contributed by atoms with Gasteiger partial charge >= 0.3 is 5.97 Å². The van der Waals surface area contributed by atoms with E-state index in [0.29, 0.717) is 19.3 Å². The minimum Gasteiger partial charge on any atom is -0.458 e. The van der Waals surface area contributed by atoms with Crippen molar-refractivity contribution in [2.24, 2.45) is 0 Å². The van der Waals surface area contributed by atoms with E-state index in [-0.39, 0.29) is 24.9 Å². The van der Waals surface area contributed by atoms with Crippen LogP contribution >= 0.6 is 0 Å². The first-order valence-corrected chi connectivity index (χ1v) is 26.0. The van der Waals surface area contributed by atoms with Crippen molar-refractivity contribution in [3.63, 3.8) is 0 Å². The van der Waals surface area contributed by atoms with E-state index in [1.807, 2.05) is 6.08 Å². The highest BCUT2D eigenvalue weighted by Crippen LogP contribution is 2.16. The van der Waals surface area contributed by atoms with Gasteiger partial charge in [-0.15, -0.1) is 0 Å². The number of hydrogen-bond acceptors (Lipinski definition) is 5. The summed E-state index contributed by atoms with van der Waals surface area (Å²) in [5.74, 6) is -0.645. The highest BCUT2D eigenvalue weighted by atomic mass is 16.5. The first-order valence-electron chi connectivity index (χ1n) is 26.0. The Balaban J connectivity index is 4.79. The van der Waals surface area contributed by atoms with E-state index in [1.54, 1.807) is 6.08 Å². The second-order valence-corrected chi connectivity index (χ2v) is 17.2. The van der Waals surface area contributed by atoms with Crippen molar-refractivity contribution < 1.29 is 24.5 Å². The zero-order valence-electron chi connectivity index (χ0n) is 40.9. The molecule has 0 saturated carbocycles. The maximum atomic E-state index is 13.2. The molecule has 0 aliphatic carbocycles. The number of nitrogens with one attached hydrogen (secondary N) is 1. The van der Waals surface area contributed by atoms with Gasteiger partial charge in [0.1, 0.15) is 6.10 Å². The molecule has 1 amide bonds. The highest BCUT2D eigenvalue weighted by Gasteiger charge is 2.23. The molecule has 0 fully saturated rings. The minimum absolute atomic E-state index is 0.0551. The lowest BCUT2D eigenvalue weighted by Crippen LogP contribution is -2.46. The summed E-state index contributed by atoms with van der Waals surface area (Å²) in [6.07, 6.45) is 66.4. The van der Waals surface area contributed by atoms with Gasteiger partial charge in [0.05, 0.1) is 25.2 Å². The van der Waals surface area contributed by atoms with E-state index < -0.39 is 18.2 Å². The molecule has 0 radical (unpaired) electrons. The van der Waals surface area contributed by atoms with Gasteiger partial charge in [0.25, 0.3) is 0 Å². The van der Waals surface area contributed by atoms with Crippen LogP contribution in [-0.4, -0.2) is 46.9 Å². The predicted octanol–water partition coefficient (Wildman–Crippen LogP) is 15.7. The number of allylic oxidation sites excluding steroid dienone is 15. The maximum absolute atomic E-state index is 13.2. The topological polar surface area (TPSA) is 95.9 Å². The summed E-state index contributed by atoms with van der Waals surface area (Å²) >= 11 is 0. The Kier molecular flexibility index (Phi) is 47.2. The second-order valence-electron chi connectivity index (χ2n) is 17.2. The number of rotatable bonds is 45. The van der Waals surface area contributed by atoms with Crippen LogP contribution in [0.2, 0.25) is 0 Å². The predicted molar refractivity (Wildman–Crippen MR) is 273 cm³/mol. The Morgan fingerprint density at radius 2 is 0.889 bits per heavy atom. The molecule has 6 nitrogen and oxygen atoms in total. The van der Waals surface area contributed by atoms with E-state index in [4.69, 9.17) is 4.74 Å². The Bertz CT molecular complexity index is 1260. The third-order valence-electron chi connectivity index (χ3n) is 11.2. The van der Waals surface area contributed by atoms with Crippen LogP contribution in [-0.2, 0) is 14.3 Å². The molecule has 0 saturated heterocycles. The second kappa shape index (κ2) is 49.8. The quantitative estimate of drug-likeness (QED) is 0.0322. The summed E-state index contributed by atoms with van der Waals surface area (Å²) in [4.78, 5) is 26.1. The highest BCUT2D eigenvalue weighted by molar-refractivity contribution is 5.78. The molecule has 3 unspecified atom stereocenters. The summed E-state index contributed by atoms with van der Waals surface area (Å²) in [5, 5.41) is 23.7. The lowest BCUT2D eigenvalue weighted by molar-refractivity contribution is -0.148. The van der Waals surface area contributed by atoms with Gasteiger partial charge in [-0.05, 0) is 83.1 Å². The Hall–Kier alpha value is -3.22. The van der Waals surface area contributed by atoms with Gasteiger partial charge < -0.3 is 20.3 Å². The maximum Gasteiger partial charge on any atom is 0.306 e. The molecule has 0 bridgehead atoms. The van der Waals surface area contributed by atoms with E-state index in [9.17, 15) is 19.8 Å².